The van der Waals surface area contributed by atoms with Crippen molar-refractivity contribution in [2.45, 2.75) is 59.2 Å². The van der Waals surface area contributed by atoms with Crippen molar-refractivity contribution < 1.29 is 14.3 Å². The van der Waals surface area contributed by atoms with Crippen molar-refractivity contribution in [3.63, 3.8) is 0 Å². The van der Waals surface area contributed by atoms with E-state index in [2.05, 4.69) is 27.1 Å². The van der Waals surface area contributed by atoms with E-state index in [4.69, 9.17) is 16.3 Å². The molecule has 222 valence electrons. The number of nitrogens with zero attached hydrogens (tertiary/aromatic N) is 6. The van der Waals surface area contributed by atoms with Crippen LogP contribution in [-0.2, 0) is 4.74 Å². The predicted molar refractivity (Wildman–Crippen MR) is 167 cm³/mol. The zero-order valence-corrected chi connectivity index (χ0v) is 25.9. The Morgan fingerprint density at radius 3 is 2.45 bits per heavy atom. The van der Waals surface area contributed by atoms with E-state index in [1.165, 1.54) is 0 Å². The molecule has 2 aliphatic heterocycles. The number of para-hydroxylation sites is 1. The van der Waals surface area contributed by atoms with Crippen LogP contribution in [0.25, 0.3) is 0 Å². The SMILES string of the molecule is Cc1cccc(Cl)c1N1CN(C)c2nc(Nc3ccc(N4C[C@H](C)N(C(=O)OC(C)(C)C)C[C@H]4C)cc3)ncc2C1=O. The normalized spacial score (nSPS) is 19.1. The van der Waals surface area contributed by atoms with Gasteiger partial charge in [-0.1, -0.05) is 23.7 Å². The first-order chi connectivity index (χ1) is 19.8. The third-order valence-corrected chi connectivity index (χ3v) is 7.79. The average molecular weight is 592 g/mol. The van der Waals surface area contributed by atoms with E-state index in [9.17, 15) is 9.59 Å². The molecule has 0 bridgehead atoms. The van der Waals surface area contributed by atoms with Gasteiger partial charge in [0, 0.05) is 49.8 Å². The number of halogens is 1. The Morgan fingerprint density at radius 2 is 1.79 bits per heavy atom. The monoisotopic (exact) mass is 591 g/mol. The Bertz CT molecular complexity index is 1470. The molecule has 2 amide bonds. The first-order valence-corrected chi connectivity index (χ1v) is 14.5. The van der Waals surface area contributed by atoms with Gasteiger partial charge in [-0.15, -0.1) is 0 Å². The number of hydrogen-bond acceptors (Lipinski definition) is 8. The van der Waals surface area contributed by atoms with E-state index in [1.54, 1.807) is 17.2 Å². The molecule has 3 heterocycles. The predicted octanol–water partition coefficient (Wildman–Crippen LogP) is 6.07. The molecule has 2 aliphatic rings. The van der Waals surface area contributed by atoms with Crippen LogP contribution in [0.3, 0.4) is 0 Å². The van der Waals surface area contributed by atoms with Gasteiger partial charge in [0.2, 0.25) is 5.95 Å². The van der Waals surface area contributed by atoms with Crippen molar-refractivity contribution in [1.29, 1.82) is 0 Å². The molecule has 42 heavy (non-hydrogen) atoms. The van der Waals surface area contributed by atoms with E-state index in [0.717, 1.165) is 16.9 Å². The van der Waals surface area contributed by atoms with E-state index < -0.39 is 5.60 Å². The molecule has 1 saturated heterocycles. The molecule has 2 aromatic carbocycles. The number of amides is 2. The number of aryl methyl sites for hydroxylation is 1. The molecule has 0 spiro atoms. The van der Waals surface area contributed by atoms with Crippen LogP contribution in [0.5, 0.6) is 0 Å². The second-order valence-electron chi connectivity index (χ2n) is 12.1. The molecular formula is C31H38ClN7O3. The van der Waals surface area contributed by atoms with Gasteiger partial charge in [-0.3, -0.25) is 9.69 Å². The lowest BCUT2D eigenvalue weighted by Gasteiger charge is -2.45. The highest BCUT2D eigenvalue weighted by atomic mass is 35.5. The summed E-state index contributed by atoms with van der Waals surface area (Å²) < 4.78 is 5.61. The number of hydrogen-bond donors (Lipinski definition) is 1. The maximum atomic E-state index is 13.4. The summed E-state index contributed by atoms with van der Waals surface area (Å²) in [5.41, 5.74) is 3.39. The summed E-state index contributed by atoms with van der Waals surface area (Å²) in [4.78, 5) is 42.9. The van der Waals surface area contributed by atoms with E-state index in [-0.39, 0.29) is 24.1 Å². The topological polar surface area (TPSA) is 94.1 Å². The highest BCUT2D eigenvalue weighted by Crippen LogP contribution is 2.35. The Balaban J connectivity index is 1.27. The van der Waals surface area contributed by atoms with Gasteiger partial charge in [0.05, 0.1) is 17.4 Å². The number of nitrogens with one attached hydrogen (secondary N) is 1. The zero-order chi connectivity index (χ0) is 30.3. The Hall–Kier alpha value is -4.05. The Labute approximate surface area is 252 Å². The third kappa shape index (κ3) is 5.94. The molecule has 10 nitrogen and oxygen atoms in total. The summed E-state index contributed by atoms with van der Waals surface area (Å²) in [6.07, 6.45) is 1.29. The van der Waals surface area contributed by atoms with Crippen molar-refractivity contribution in [1.82, 2.24) is 14.9 Å². The zero-order valence-electron chi connectivity index (χ0n) is 25.2. The summed E-state index contributed by atoms with van der Waals surface area (Å²) in [7, 11) is 1.89. The molecule has 1 N–H and O–H groups in total. The number of benzene rings is 2. The fourth-order valence-electron chi connectivity index (χ4n) is 5.43. The lowest BCUT2D eigenvalue weighted by molar-refractivity contribution is 0.0130. The minimum absolute atomic E-state index is 0.00945. The standard InChI is InChI=1S/C31H38ClN7O3/c1-19-9-8-10-25(32)26(19)39-18-36(7)27-24(28(39)40)15-33-29(35-27)34-22-11-13-23(14-12-22)37-16-21(3)38(17-20(37)2)30(41)42-31(4,5)6/h8-15,20-21H,16-18H2,1-7H3,(H,33,34,35)/t20-,21+/m1/s1. The van der Waals surface area contributed by atoms with E-state index >= 15 is 0 Å². The van der Waals surface area contributed by atoms with Gasteiger partial charge in [0.15, 0.2) is 0 Å². The van der Waals surface area contributed by atoms with Gasteiger partial charge in [-0.25, -0.2) is 9.78 Å². The van der Waals surface area contributed by atoms with Crippen molar-refractivity contribution in [2.75, 3.05) is 46.8 Å². The molecule has 5 rings (SSSR count). The van der Waals surface area contributed by atoms with Crippen molar-refractivity contribution in [3.8, 4) is 0 Å². The quantitative estimate of drug-likeness (QED) is 0.391. The molecule has 11 heteroatoms. The van der Waals surface area contributed by atoms with Gasteiger partial charge in [-0.05, 0) is 77.4 Å². The van der Waals surface area contributed by atoms with Crippen LogP contribution in [0.15, 0.2) is 48.7 Å². The first kappa shape index (κ1) is 29.4. The van der Waals surface area contributed by atoms with Crippen LogP contribution in [0.4, 0.5) is 33.6 Å². The highest BCUT2D eigenvalue weighted by Gasteiger charge is 2.35. The van der Waals surface area contributed by atoms with Crippen LogP contribution in [0, 0.1) is 6.92 Å². The van der Waals surface area contributed by atoms with Gasteiger partial charge in [-0.2, -0.15) is 4.98 Å². The molecular weight excluding hydrogens is 554 g/mol. The number of ether oxygens (including phenoxy) is 1. The summed E-state index contributed by atoms with van der Waals surface area (Å²) >= 11 is 6.46. The smallest absolute Gasteiger partial charge is 0.410 e. The van der Waals surface area contributed by atoms with Crippen LogP contribution in [0.2, 0.25) is 5.02 Å². The summed E-state index contributed by atoms with van der Waals surface area (Å²) in [6, 6.07) is 13.8. The third-order valence-electron chi connectivity index (χ3n) is 7.49. The van der Waals surface area contributed by atoms with Crippen LogP contribution in [-0.4, -0.2) is 71.4 Å². The fraction of sp³-hybridized carbons (Fsp3) is 0.419. The van der Waals surface area contributed by atoms with Gasteiger partial charge in [0.25, 0.3) is 5.91 Å². The lowest BCUT2D eigenvalue weighted by Crippen LogP contribution is -2.59. The minimum atomic E-state index is -0.525. The van der Waals surface area contributed by atoms with E-state index in [1.807, 2.05) is 87.9 Å². The summed E-state index contributed by atoms with van der Waals surface area (Å²) in [6.45, 7) is 13.3. The molecule has 0 saturated carbocycles. The molecule has 2 atom stereocenters. The fourth-order valence-corrected chi connectivity index (χ4v) is 5.75. The second kappa shape index (κ2) is 11.3. The Kier molecular flexibility index (Phi) is 7.94. The molecule has 0 aliphatic carbocycles. The van der Waals surface area contributed by atoms with Crippen molar-refractivity contribution >= 4 is 52.4 Å². The highest BCUT2D eigenvalue weighted by molar-refractivity contribution is 6.34. The number of piperazine rings is 1. The van der Waals surface area contributed by atoms with Crippen LogP contribution >= 0.6 is 11.6 Å². The minimum Gasteiger partial charge on any atom is -0.444 e. The first-order valence-electron chi connectivity index (χ1n) is 14.1. The summed E-state index contributed by atoms with van der Waals surface area (Å²) in [5.74, 6) is 0.766. The van der Waals surface area contributed by atoms with Crippen molar-refractivity contribution in [2.24, 2.45) is 0 Å². The van der Waals surface area contributed by atoms with Crippen LogP contribution in [0.1, 0.15) is 50.5 Å². The van der Waals surface area contributed by atoms with Gasteiger partial charge < -0.3 is 24.8 Å². The number of carbonyl (C=O) groups is 2. The number of anilines is 5. The number of rotatable bonds is 4. The Morgan fingerprint density at radius 1 is 1.07 bits per heavy atom. The number of aromatic nitrogens is 2. The number of carbonyl (C=O) groups excluding carboxylic acids is 2. The van der Waals surface area contributed by atoms with E-state index in [0.29, 0.717) is 47.8 Å². The second-order valence-corrected chi connectivity index (χ2v) is 12.5. The maximum Gasteiger partial charge on any atom is 0.410 e. The molecule has 1 aromatic heterocycles. The lowest BCUT2D eigenvalue weighted by atomic mass is 10.1. The molecule has 3 aromatic rings. The largest absolute Gasteiger partial charge is 0.444 e. The van der Waals surface area contributed by atoms with Crippen molar-refractivity contribution in [3.05, 3.63) is 64.8 Å². The number of fused-ring (bicyclic) bond motifs is 1. The van der Waals surface area contributed by atoms with Gasteiger partial charge in [0.1, 0.15) is 17.0 Å². The average Bonchev–Trinajstić information content (AvgIpc) is 2.92. The summed E-state index contributed by atoms with van der Waals surface area (Å²) in [5, 5.41) is 3.79. The molecule has 1 fully saturated rings. The maximum absolute atomic E-state index is 13.4. The molecule has 0 radical (unpaired) electrons. The van der Waals surface area contributed by atoms with Gasteiger partial charge >= 0.3 is 6.09 Å². The molecule has 0 unspecified atom stereocenters. The van der Waals surface area contributed by atoms with Crippen LogP contribution < -0.4 is 20.0 Å².